The van der Waals surface area contributed by atoms with E-state index < -0.39 is 10.0 Å². The van der Waals surface area contributed by atoms with Gasteiger partial charge in [-0.25, -0.2) is 8.42 Å². The first-order chi connectivity index (χ1) is 11.8. The van der Waals surface area contributed by atoms with E-state index in [4.69, 9.17) is 4.74 Å². The van der Waals surface area contributed by atoms with Gasteiger partial charge >= 0.3 is 0 Å². The number of methoxy groups -OCH3 is 1. The summed E-state index contributed by atoms with van der Waals surface area (Å²) in [5.74, 6) is 0.809. The lowest BCUT2D eigenvalue weighted by Gasteiger charge is -2.36. The largest absolute Gasteiger partial charge is 0.495 e. The van der Waals surface area contributed by atoms with E-state index in [2.05, 4.69) is 21.2 Å². The lowest BCUT2D eigenvalue weighted by Crippen LogP contribution is -2.49. The maximum Gasteiger partial charge on any atom is 0.246 e. The van der Waals surface area contributed by atoms with Crippen molar-refractivity contribution in [3.63, 3.8) is 0 Å². The molecular formula is C17H24N4O3S. The Labute approximate surface area is 148 Å². The minimum atomic E-state index is -3.53. The summed E-state index contributed by atoms with van der Waals surface area (Å²) in [5, 5.41) is 6.77. The number of hydrogen-bond donors (Lipinski definition) is 1. The van der Waals surface area contributed by atoms with Crippen LogP contribution in [0.3, 0.4) is 0 Å². The highest BCUT2D eigenvalue weighted by Gasteiger charge is 2.32. The molecule has 1 saturated heterocycles. The first-order valence-electron chi connectivity index (χ1n) is 8.26. The highest BCUT2D eigenvalue weighted by molar-refractivity contribution is 7.89. The maximum atomic E-state index is 12.9. The van der Waals surface area contributed by atoms with Crippen molar-refractivity contribution in [1.82, 2.24) is 14.5 Å². The van der Waals surface area contributed by atoms with Gasteiger partial charge in [0, 0.05) is 26.2 Å². The van der Waals surface area contributed by atoms with E-state index in [9.17, 15) is 8.42 Å². The zero-order valence-electron chi connectivity index (χ0n) is 15.0. The Kier molecular flexibility index (Phi) is 4.75. The van der Waals surface area contributed by atoms with Crippen LogP contribution in [0.25, 0.3) is 0 Å². The fourth-order valence-electron chi connectivity index (χ4n) is 3.27. The molecule has 2 heterocycles. The van der Waals surface area contributed by atoms with Gasteiger partial charge in [-0.05, 0) is 38.5 Å². The number of ether oxygens (including phenoxy) is 1. The van der Waals surface area contributed by atoms with E-state index in [1.165, 1.54) is 4.31 Å². The minimum Gasteiger partial charge on any atom is -0.495 e. The van der Waals surface area contributed by atoms with Crippen molar-refractivity contribution < 1.29 is 13.2 Å². The summed E-state index contributed by atoms with van der Waals surface area (Å²) in [4.78, 5) is 2.47. The zero-order chi connectivity index (χ0) is 18.2. The molecule has 0 atom stereocenters. The predicted molar refractivity (Wildman–Crippen MR) is 96.8 cm³/mol. The van der Waals surface area contributed by atoms with Gasteiger partial charge in [0.05, 0.1) is 24.2 Å². The van der Waals surface area contributed by atoms with E-state index in [0.29, 0.717) is 42.5 Å². The fraction of sp³-hybridized carbons (Fsp3) is 0.471. The summed E-state index contributed by atoms with van der Waals surface area (Å²) in [5.41, 5.74) is 3.26. The molecule has 2 aromatic rings. The summed E-state index contributed by atoms with van der Waals surface area (Å²) in [7, 11) is -1.88. The normalized spacial score (nSPS) is 16.2. The smallest absolute Gasteiger partial charge is 0.246 e. The van der Waals surface area contributed by atoms with Crippen molar-refractivity contribution in [3.8, 4) is 5.75 Å². The summed E-state index contributed by atoms with van der Waals surface area (Å²) in [6, 6.07) is 6.03. The van der Waals surface area contributed by atoms with Gasteiger partial charge in [0.25, 0.3) is 0 Å². The Balaban J connectivity index is 1.80. The summed E-state index contributed by atoms with van der Waals surface area (Å²) in [6.45, 7) is 7.59. The number of piperazine rings is 1. The Bertz CT molecular complexity index is 849. The van der Waals surface area contributed by atoms with Crippen LogP contribution < -0.4 is 9.64 Å². The van der Waals surface area contributed by atoms with Crippen LogP contribution in [-0.2, 0) is 10.0 Å². The van der Waals surface area contributed by atoms with E-state index in [1.807, 2.05) is 19.1 Å². The zero-order valence-corrected chi connectivity index (χ0v) is 15.9. The molecule has 0 unspecified atom stereocenters. The molecule has 1 aliphatic heterocycles. The van der Waals surface area contributed by atoms with Crippen LogP contribution in [0.15, 0.2) is 23.1 Å². The quantitative estimate of drug-likeness (QED) is 0.896. The number of aryl methyl sites for hydroxylation is 3. The van der Waals surface area contributed by atoms with Crippen LogP contribution in [0.4, 0.5) is 5.69 Å². The second-order valence-electron chi connectivity index (χ2n) is 6.33. The Morgan fingerprint density at radius 1 is 1.12 bits per heavy atom. The highest BCUT2D eigenvalue weighted by atomic mass is 32.2. The third kappa shape index (κ3) is 3.23. The monoisotopic (exact) mass is 364 g/mol. The number of sulfonamides is 1. The van der Waals surface area contributed by atoms with E-state index in [0.717, 1.165) is 17.0 Å². The second-order valence-corrected chi connectivity index (χ2v) is 8.20. The van der Waals surface area contributed by atoms with Gasteiger partial charge in [0.15, 0.2) is 0 Å². The molecule has 0 aliphatic carbocycles. The van der Waals surface area contributed by atoms with Crippen molar-refractivity contribution in [2.75, 3.05) is 38.2 Å². The molecule has 7 nitrogen and oxygen atoms in total. The lowest BCUT2D eigenvalue weighted by atomic mass is 10.1. The minimum absolute atomic E-state index is 0.300. The number of aromatic nitrogens is 2. The van der Waals surface area contributed by atoms with Crippen molar-refractivity contribution in [2.45, 2.75) is 25.7 Å². The maximum absolute atomic E-state index is 12.9. The van der Waals surface area contributed by atoms with Crippen molar-refractivity contribution in [1.29, 1.82) is 0 Å². The summed E-state index contributed by atoms with van der Waals surface area (Å²) < 4.78 is 32.9. The van der Waals surface area contributed by atoms with Crippen molar-refractivity contribution in [3.05, 3.63) is 35.2 Å². The van der Waals surface area contributed by atoms with Crippen LogP contribution >= 0.6 is 0 Å². The van der Waals surface area contributed by atoms with Gasteiger partial charge in [-0.2, -0.15) is 9.40 Å². The van der Waals surface area contributed by atoms with E-state index in [1.54, 1.807) is 21.0 Å². The van der Waals surface area contributed by atoms with Crippen molar-refractivity contribution >= 4 is 15.7 Å². The summed E-state index contributed by atoms with van der Waals surface area (Å²) >= 11 is 0. The number of H-pyrrole nitrogens is 1. The van der Waals surface area contributed by atoms with Gasteiger partial charge in [-0.3, -0.25) is 5.10 Å². The predicted octanol–water partition coefficient (Wildman–Crippen LogP) is 1.85. The Hall–Kier alpha value is -2.06. The number of benzene rings is 1. The van der Waals surface area contributed by atoms with Gasteiger partial charge in [-0.1, -0.05) is 6.07 Å². The molecule has 1 fully saturated rings. The molecular weight excluding hydrogens is 340 g/mol. The third-order valence-electron chi connectivity index (χ3n) is 4.57. The third-order valence-corrected chi connectivity index (χ3v) is 6.73. The Morgan fingerprint density at radius 2 is 1.80 bits per heavy atom. The van der Waals surface area contributed by atoms with Crippen LogP contribution in [0.1, 0.15) is 17.0 Å². The van der Waals surface area contributed by atoms with Crippen molar-refractivity contribution in [2.24, 2.45) is 0 Å². The number of rotatable bonds is 4. The second kappa shape index (κ2) is 6.68. The molecule has 0 spiro atoms. The van der Waals surface area contributed by atoms with Crippen LogP contribution in [0, 0.1) is 20.8 Å². The standard InChI is InChI=1S/C17H24N4O3S/c1-12-5-6-16(24-4)15(11-12)20-7-9-21(10-8-20)25(22,23)17-13(2)18-19-14(17)3/h5-6,11H,7-10H2,1-4H3,(H,18,19). The SMILES string of the molecule is COc1ccc(C)cc1N1CCN(S(=O)(=O)c2c(C)n[nH]c2C)CC1. The summed E-state index contributed by atoms with van der Waals surface area (Å²) in [6.07, 6.45) is 0. The first-order valence-corrected chi connectivity index (χ1v) is 9.70. The van der Waals surface area contributed by atoms with Crippen LogP contribution in [-0.4, -0.2) is 56.2 Å². The fourth-order valence-corrected chi connectivity index (χ4v) is 5.02. The van der Waals surface area contributed by atoms with Crippen LogP contribution in [0.2, 0.25) is 0 Å². The molecule has 25 heavy (non-hydrogen) atoms. The molecule has 0 radical (unpaired) electrons. The van der Waals surface area contributed by atoms with Gasteiger partial charge in [0.1, 0.15) is 10.6 Å². The molecule has 0 amide bonds. The lowest BCUT2D eigenvalue weighted by molar-refractivity contribution is 0.378. The number of hydrogen-bond acceptors (Lipinski definition) is 5. The number of aromatic amines is 1. The number of nitrogens with one attached hydrogen (secondary N) is 1. The van der Waals surface area contributed by atoms with E-state index >= 15 is 0 Å². The molecule has 1 aromatic heterocycles. The van der Waals surface area contributed by atoms with Gasteiger partial charge in [-0.15, -0.1) is 0 Å². The van der Waals surface area contributed by atoms with E-state index in [-0.39, 0.29) is 0 Å². The first kappa shape index (κ1) is 17.8. The average Bonchev–Trinajstić information content (AvgIpc) is 2.94. The molecule has 1 N–H and O–H groups in total. The van der Waals surface area contributed by atoms with Crippen LogP contribution in [0.5, 0.6) is 5.75 Å². The number of anilines is 1. The topological polar surface area (TPSA) is 78.5 Å². The molecule has 1 aromatic carbocycles. The average molecular weight is 364 g/mol. The molecule has 136 valence electrons. The molecule has 8 heteroatoms. The Morgan fingerprint density at radius 3 is 2.36 bits per heavy atom. The molecule has 3 rings (SSSR count). The van der Waals surface area contributed by atoms with Gasteiger partial charge < -0.3 is 9.64 Å². The number of nitrogens with zero attached hydrogens (tertiary/aromatic N) is 3. The molecule has 0 saturated carbocycles. The molecule has 0 bridgehead atoms. The highest BCUT2D eigenvalue weighted by Crippen LogP contribution is 2.31. The molecule has 1 aliphatic rings. The van der Waals surface area contributed by atoms with Gasteiger partial charge in [0.2, 0.25) is 10.0 Å².